The minimum absolute atomic E-state index is 0.110. The maximum Gasteiger partial charge on any atom is 0.451 e. The lowest BCUT2D eigenvalue weighted by Crippen LogP contribution is -2.34. The molecule has 7 nitrogen and oxygen atoms in total. The monoisotopic (exact) mass is 381 g/mol. The standard InChI is InChI=1S/C13H13F6N7/c1-3-20-10-24-8(7-4-5-21-9(23-7)13(17,18)19)25-11(26-10)22-6(2)12(14,15)16/h4-6H,3H2,1-2H3,(H2,20,22,24,25,26). The molecule has 26 heavy (non-hydrogen) atoms. The Bertz CT molecular complexity index is 761. The highest BCUT2D eigenvalue weighted by Crippen LogP contribution is 2.27. The van der Waals surface area contributed by atoms with Gasteiger partial charge in [-0.25, -0.2) is 9.97 Å². The predicted molar refractivity (Wildman–Crippen MR) is 79.2 cm³/mol. The largest absolute Gasteiger partial charge is 0.451 e. The van der Waals surface area contributed by atoms with E-state index in [1.165, 1.54) is 0 Å². The number of anilines is 2. The van der Waals surface area contributed by atoms with Gasteiger partial charge in [0.05, 0.1) is 0 Å². The number of aromatic nitrogens is 5. The van der Waals surface area contributed by atoms with Crippen molar-refractivity contribution in [2.75, 3.05) is 17.2 Å². The smallest absolute Gasteiger partial charge is 0.354 e. The molecule has 0 radical (unpaired) electrons. The van der Waals surface area contributed by atoms with Crippen molar-refractivity contribution in [1.82, 2.24) is 24.9 Å². The molecule has 2 aromatic heterocycles. The summed E-state index contributed by atoms with van der Waals surface area (Å²) in [5.41, 5.74) is -0.309. The van der Waals surface area contributed by atoms with Crippen molar-refractivity contribution in [3.8, 4) is 11.5 Å². The summed E-state index contributed by atoms with van der Waals surface area (Å²) in [6, 6.07) is -0.875. The quantitative estimate of drug-likeness (QED) is 0.770. The van der Waals surface area contributed by atoms with Crippen molar-refractivity contribution < 1.29 is 26.3 Å². The molecule has 0 aliphatic carbocycles. The SMILES string of the molecule is CCNc1nc(NC(C)C(F)(F)F)nc(-c2ccnc(C(F)(F)F)n2)n1. The summed E-state index contributed by atoms with van der Waals surface area (Å²) in [6.07, 6.45) is -8.50. The van der Waals surface area contributed by atoms with Crippen LogP contribution in [-0.2, 0) is 6.18 Å². The van der Waals surface area contributed by atoms with E-state index in [0.29, 0.717) is 6.54 Å². The lowest BCUT2D eigenvalue weighted by molar-refractivity contribution is -0.145. The molecule has 0 bridgehead atoms. The van der Waals surface area contributed by atoms with E-state index in [-0.39, 0.29) is 17.5 Å². The molecular formula is C13H13F6N7. The van der Waals surface area contributed by atoms with Gasteiger partial charge in [0, 0.05) is 12.7 Å². The number of rotatable bonds is 5. The first kappa shape index (κ1) is 19.6. The van der Waals surface area contributed by atoms with Gasteiger partial charge < -0.3 is 10.6 Å². The van der Waals surface area contributed by atoms with Crippen LogP contribution in [0.2, 0.25) is 0 Å². The summed E-state index contributed by atoms with van der Waals surface area (Å²) in [4.78, 5) is 17.8. The molecule has 142 valence electrons. The first-order valence-corrected chi connectivity index (χ1v) is 7.24. The molecule has 0 aromatic carbocycles. The highest BCUT2D eigenvalue weighted by atomic mass is 19.4. The molecular weight excluding hydrogens is 368 g/mol. The van der Waals surface area contributed by atoms with Crippen LogP contribution in [0.4, 0.5) is 38.2 Å². The van der Waals surface area contributed by atoms with E-state index in [4.69, 9.17) is 0 Å². The van der Waals surface area contributed by atoms with Crippen LogP contribution in [0.15, 0.2) is 12.3 Å². The Labute approximate surface area is 143 Å². The molecule has 1 unspecified atom stereocenters. The van der Waals surface area contributed by atoms with Crippen molar-refractivity contribution in [3.63, 3.8) is 0 Å². The zero-order chi connectivity index (χ0) is 19.5. The molecule has 0 fully saturated rings. The maximum absolute atomic E-state index is 12.7. The summed E-state index contributed by atoms with van der Waals surface area (Å²) in [7, 11) is 0. The van der Waals surface area contributed by atoms with Crippen LogP contribution in [0, 0.1) is 0 Å². The summed E-state index contributed by atoms with van der Waals surface area (Å²) in [5, 5.41) is 4.71. The van der Waals surface area contributed by atoms with E-state index in [9.17, 15) is 26.3 Å². The van der Waals surface area contributed by atoms with Gasteiger partial charge in [-0.1, -0.05) is 0 Å². The number of hydrogen-bond acceptors (Lipinski definition) is 7. The van der Waals surface area contributed by atoms with Gasteiger partial charge in [0.15, 0.2) is 5.82 Å². The zero-order valence-corrected chi connectivity index (χ0v) is 13.4. The third-order valence-corrected chi connectivity index (χ3v) is 2.95. The number of hydrogen-bond donors (Lipinski definition) is 2. The Kier molecular flexibility index (Phi) is 5.47. The third kappa shape index (κ3) is 4.89. The molecule has 2 N–H and O–H groups in total. The normalized spacial score (nSPS) is 13.4. The highest BCUT2D eigenvalue weighted by molar-refractivity contribution is 5.53. The van der Waals surface area contributed by atoms with Crippen LogP contribution < -0.4 is 10.6 Å². The zero-order valence-electron chi connectivity index (χ0n) is 13.4. The Morgan fingerprint density at radius 2 is 1.65 bits per heavy atom. The van der Waals surface area contributed by atoms with Gasteiger partial charge in [0.2, 0.25) is 17.7 Å². The molecule has 0 aliphatic heterocycles. The van der Waals surface area contributed by atoms with Gasteiger partial charge in [-0.15, -0.1) is 0 Å². The minimum atomic E-state index is -4.79. The van der Waals surface area contributed by atoms with E-state index >= 15 is 0 Å². The predicted octanol–water partition coefficient (Wildman–Crippen LogP) is 3.14. The van der Waals surface area contributed by atoms with Gasteiger partial charge in [0.25, 0.3) is 0 Å². The van der Waals surface area contributed by atoms with Crippen LogP contribution in [0.25, 0.3) is 11.5 Å². The molecule has 2 rings (SSSR count). The average Bonchev–Trinajstić information content (AvgIpc) is 2.53. The highest BCUT2D eigenvalue weighted by Gasteiger charge is 2.37. The molecule has 0 saturated carbocycles. The topological polar surface area (TPSA) is 88.5 Å². The second kappa shape index (κ2) is 7.25. The number of nitrogens with one attached hydrogen (secondary N) is 2. The molecule has 0 spiro atoms. The van der Waals surface area contributed by atoms with Gasteiger partial charge in [0.1, 0.15) is 11.7 Å². The molecule has 0 saturated heterocycles. The number of alkyl halides is 6. The first-order chi connectivity index (χ1) is 12.0. The lowest BCUT2D eigenvalue weighted by atomic mass is 10.3. The van der Waals surface area contributed by atoms with Crippen molar-refractivity contribution in [2.24, 2.45) is 0 Å². The molecule has 2 aromatic rings. The van der Waals surface area contributed by atoms with E-state index in [1.54, 1.807) is 6.92 Å². The van der Waals surface area contributed by atoms with Gasteiger partial charge in [-0.05, 0) is 19.9 Å². The first-order valence-electron chi connectivity index (χ1n) is 7.24. The molecule has 2 heterocycles. The second-order valence-electron chi connectivity index (χ2n) is 5.01. The summed E-state index contributed by atoms with van der Waals surface area (Å²) < 4.78 is 76.3. The van der Waals surface area contributed by atoms with Crippen LogP contribution in [0.3, 0.4) is 0 Å². The summed E-state index contributed by atoms with van der Waals surface area (Å²) in [5.74, 6) is -2.32. The van der Waals surface area contributed by atoms with E-state index in [2.05, 4.69) is 30.2 Å². The van der Waals surface area contributed by atoms with Gasteiger partial charge >= 0.3 is 12.4 Å². The molecule has 1 atom stereocenters. The number of nitrogens with zero attached hydrogens (tertiary/aromatic N) is 5. The Hall–Kier alpha value is -2.73. The molecule has 13 heteroatoms. The molecule has 0 amide bonds. The van der Waals surface area contributed by atoms with Gasteiger partial charge in [-0.2, -0.15) is 41.3 Å². The van der Waals surface area contributed by atoms with Crippen LogP contribution in [-0.4, -0.2) is 43.7 Å². The van der Waals surface area contributed by atoms with Crippen LogP contribution in [0.1, 0.15) is 19.7 Å². The minimum Gasteiger partial charge on any atom is -0.354 e. The van der Waals surface area contributed by atoms with E-state index in [1.807, 2.05) is 5.32 Å². The summed E-state index contributed by atoms with van der Waals surface area (Å²) in [6.45, 7) is 2.86. The van der Waals surface area contributed by atoms with Gasteiger partial charge in [-0.3, -0.25) is 0 Å². The fourth-order valence-electron chi connectivity index (χ4n) is 1.69. The molecule has 0 aliphatic rings. The van der Waals surface area contributed by atoms with Crippen molar-refractivity contribution in [1.29, 1.82) is 0 Å². The summed E-state index contributed by atoms with van der Waals surface area (Å²) >= 11 is 0. The maximum atomic E-state index is 12.7. The number of halogens is 6. The van der Waals surface area contributed by atoms with Crippen molar-refractivity contribution >= 4 is 11.9 Å². The fourth-order valence-corrected chi connectivity index (χ4v) is 1.69. The van der Waals surface area contributed by atoms with Crippen molar-refractivity contribution in [2.45, 2.75) is 32.2 Å². The van der Waals surface area contributed by atoms with Crippen LogP contribution in [0.5, 0.6) is 0 Å². The van der Waals surface area contributed by atoms with E-state index in [0.717, 1.165) is 19.2 Å². The van der Waals surface area contributed by atoms with Crippen molar-refractivity contribution in [3.05, 3.63) is 18.1 Å². The lowest BCUT2D eigenvalue weighted by Gasteiger charge is -2.17. The van der Waals surface area contributed by atoms with Crippen LogP contribution >= 0.6 is 0 Å². The third-order valence-electron chi connectivity index (χ3n) is 2.95. The Morgan fingerprint density at radius 1 is 1.00 bits per heavy atom. The Morgan fingerprint density at radius 3 is 2.23 bits per heavy atom. The fraction of sp³-hybridized carbons (Fsp3) is 0.462. The average molecular weight is 381 g/mol. The Balaban J connectivity index is 2.45. The van der Waals surface area contributed by atoms with E-state index < -0.39 is 30.2 Å². The second-order valence-corrected chi connectivity index (χ2v) is 5.01.